The van der Waals surface area contributed by atoms with Gasteiger partial charge in [0, 0.05) is 6.08 Å². The molecular weight excluding hydrogens is 242 g/mol. The molecule has 0 spiro atoms. The van der Waals surface area contributed by atoms with Gasteiger partial charge in [-0.25, -0.2) is 18.4 Å². The maximum Gasteiger partial charge on any atom is 0.330 e. The molecule has 0 saturated carbocycles. The molecule has 0 aliphatic carbocycles. The number of hydrogen-bond donors (Lipinski definition) is 1. The molecule has 0 aliphatic heterocycles. The lowest BCUT2D eigenvalue weighted by Crippen LogP contribution is -2.13. The van der Waals surface area contributed by atoms with Crippen molar-refractivity contribution in [2.24, 2.45) is 5.14 Å². The number of ether oxygens (including phenoxy) is 1. The highest BCUT2D eigenvalue weighted by atomic mass is 32.2. The molecule has 1 aromatic carbocycles. The van der Waals surface area contributed by atoms with Crippen molar-refractivity contribution in [3.8, 4) is 0 Å². The van der Waals surface area contributed by atoms with Crippen LogP contribution in [0, 0.1) is 0 Å². The third kappa shape index (κ3) is 4.01. The van der Waals surface area contributed by atoms with Crippen molar-refractivity contribution < 1.29 is 17.9 Å². The summed E-state index contributed by atoms with van der Waals surface area (Å²) in [5.74, 6) is -0.531. The second-order valence-electron chi connectivity index (χ2n) is 3.17. The fourth-order valence-corrected chi connectivity index (χ4v) is 1.96. The van der Waals surface area contributed by atoms with Gasteiger partial charge in [0.05, 0.1) is 11.5 Å². The predicted molar refractivity (Wildman–Crippen MR) is 63.5 cm³/mol. The summed E-state index contributed by atoms with van der Waals surface area (Å²) in [5.41, 5.74) is 0.350. The Morgan fingerprint density at radius 3 is 2.65 bits per heavy atom. The van der Waals surface area contributed by atoms with E-state index in [1.165, 1.54) is 12.1 Å². The van der Waals surface area contributed by atoms with Crippen molar-refractivity contribution in [2.45, 2.75) is 11.8 Å². The number of sulfonamides is 1. The molecule has 5 nitrogen and oxygen atoms in total. The second kappa shape index (κ2) is 5.60. The van der Waals surface area contributed by atoms with Gasteiger partial charge in [-0.15, -0.1) is 0 Å². The van der Waals surface area contributed by atoms with Crippen LogP contribution in [0.5, 0.6) is 0 Å². The maximum atomic E-state index is 11.3. The van der Waals surface area contributed by atoms with Crippen LogP contribution in [0.15, 0.2) is 35.2 Å². The monoisotopic (exact) mass is 255 g/mol. The van der Waals surface area contributed by atoms with Crippen LogP contribution in [0.25, 0.3) is 6.08 Å². The van der Waals surface area contributed by atoms with Gasteiger partial charge < -0.3 is 4.74 Å². The fraction of sp³-hybridized carbons (Fsp3) is 0.182. The molecule has 0 fully saturated rings. The topological polar surface area (TPSA) is 86.5 Å². The number of primary sulfonamides is 1. The van der Waals surface area contributed by atoms with Crippen LogP contribution in [0.2, 0.25) is 0 Å². The van der Waals surface area contributed by atoms with E-state index in [0.29, 0.717) is 5.56 Å². The van der Waals surface area contributed by atoms with E-state index in [-0.39, 0.29) is 11.5 Å². The van der Waals surface area contributed by atoms with E-state index < -0.39 is 16.0 Å². The van der Waals surface area contributed by atoms with E-state index in [9.17, 15) is 13.2 Å². The lowest BCUT2D eigenvalue weighted by atomic mass is 10.2. The number of rotatable bonds is 4. The molecule has 0 aromatic heterocycles. The normalized spacial score (nSPS) is 11.6. The predicted octanol–water partition coefficient (Wildman–Crippen LogP) is 0.910. The highest BCUT2D eigenvalue weighted by Crippen LogP contribution is 2.15. The molecule has 1 rings (SSSR count). The van der Waals surface area contributed by atoms with Gasteiger partial charge in [-0.2, -0.15) is 0 Å². The van der Waals surface area contributed by atoms with Crippen molar-refractivity contribution >= 4 is 22.1 Å². The minimum atomic E-state index is -3.80. The van der Waals surface area contributed by atoms with Crippen LogP contribution in [0.4, 0.5) is 0 Å². The largest absolute Gasteiger partial charge is 0.463 e. The Kier molecular flexibility index (Phi) is 4.42. The molecule has 17 heavy (non-hydrogen) atoms. The third-order valence-corrected chi connectivity index (χ3v) is 2.90. The summed E-state index contributed by atoms with van der Waals surface area (Å²) in [7, 11) is -3.80. The van der Waals surface area contributed by atoms with Gasteiger partial charge in [-0.3, -0.25) is 0 Å². The zero-order chi connectivity index (χ0) is 12.9. The Labute approximate surface area is 99.9 Å². The Balaban J connectivity index is 3.04. The van der Waals surface area contributed by atoms with Gasteiger partial charge >= 0.3 is 5.97 Å². The zero-order valence-electron chi connectivity index (χ0n) is 9.29. The average molecular weight is 255 g/mol. The maximum absolute atomic E-state index is 11.3. The molecule has 2 N–H and O–H groups in total. The molecule has 0 radical (unpaired) electrons. The Hall–Kier alpha value is -1.66. The van der Waals surface area contributed by atoms with Crippen molar-refractivity contribution in [3.63, 3.8) is 0 Å². The van der Waals surface area contributed by atoms with E-state index in [1.54, 1.807) is 25.1 Å². The Morgan fingerprint density at radius 2 is 2.06 bits per heavy atom. The van der Waals surface area contributed by atoms with Crippen LogP contribution in [0.3, 0.4) is 0 Å². The molecule has 6 heteroatoms. The zero-order valence-corrected chi connectivity index (χ0v) is 10.1. The van der Waals surface area contributed by atoms with Crippen LogP contribution >= 0.6 is 0 Å². The Bertz CT molecular complexity index is 534. The van der Waals surface area contributed by atoms with Crippen molar-refractivity contribution in [1.29, 1.82) is 0 Å². The summed E-state index contributed by atoms with van der Waals surface area (Å²) < 4.78 is 27.2. The summed E-state index contributed by atoms with van der Waals surface area (Å²) in [6, 6.07) is 6.14. The second-order valence-corrected chi connectivity index (χ2v) is 4.70. The van der Waals surface area contributed by atoms with Crippen molar-refractivity contribution in [2.75, 3.05) is 6.61 Å². The minimum absolute atomic E-state index is 0.0273. The highest BCUT2D eigenvalue weighted by molar-refractivity contribution is 7.89. The summed E-state index contributed by atoms with van der Waals surface area (Å²) >= 11 is 0. The molecule has 1 aromatic rings. The highest BCUT2D eigenvalue weighted by Gasteiger charge is 2.11. The number of benzene rings is 1. The first-order valence-corrected chi connectivity index (χ1v) is 6.46. The molecule has 0 aliphatic rings. The van der Waals surface area contributed by atoms with E-state index in [2.05, 4.69) is 4.74 Å². The first-order valence-electron chi connectivity index (χ1n) is 4.92. The Morgan fingerprint density at radius 1 is 1.41 bits per heavy atom. The third-order valence-electron chi connectivity index (χ3n) is 1.91. The molecule has 0 atom stereocenters. The summed E-state index contributed by atoms with van der Waals surface area (Å²) in [4.78, 5) is 11.1. The van der Waals surface area contributed by atoms with E-state index in [0.717, 1.165) is 6.08 Å². The first-order chi connectivity index (χ1) is 7.95. The number of nitrogens with two attached hydrogens (primary N) is 1. The molecule has 0 heterocycles. The van der Waals surface area contributed by atoms with Gasteiger partial charge in [0.2, 0.25) is 10.0 Å². The molecular formula is C11H13NO4S. The van der Waals surface area contributed by atoms with E-state index in [1.807, 2.05) is 0 Å². The fourth-order valence-electron chi connectivity index (χ4n) is 1.23. The van der Waals surface area contributed by atoms with Gasteiger partial charge in [0.1, 0.15) is 0 Å². The van der Waals surface area contributed by atoms with Gasteiger partial charge in [0.15, 0.2) is 0 Å². The minimum Gasteiger partial charge on any atom is -0.463 e. The molecule has 0 bridgehead atoms. The number of hydrogen-bond acceptors (Lipinski definition) is 4. The summed E-state index contributed by atoms with van der Waals surface area (Å²) in [5, 5.41) is 5.04. The number of carbonyl (C=O) groups excluding carboxylic acids is 1. The van der Waals surface area contributed by atoms with E-state index >= 15 is 0 Å². The molecule has 92 valence electrons. The summed E-state index contributed by atoms with van der Waals surface area (Å²) in [6.45, 7) is 1.95. The van der Waals surface area contributed by atoms with Gasteiger partial charge in [0.25, 0.3) is 0 Å². The lowest BCUT2D eigenvalue weighted by molar-refractivity contribution is -0.137. The summed E-state index contributed by atoms with van der Waals surface area (Å²) in [6.07, 6.45) is 2.52. The standard InChI is InChI=1S/C11H13NO4S/c1-2-16-11(13)8-7-9-5-3-4-6-10(9)17(12,14)15/h3-8H,2H2,1H3,(H2,12,14,15). The van der Waals surface area contributed by atoms with E-state index in [4.69, 9.17) is 5.14 Å². The SMILES string of the molecule is CCOC(=O)C=Cc1ccccc1S(N)(=O)=O. The average Bonchev–Trinajstić information content (AvgIpc) is 2.26. The van der Waals surface area contributed by atoms with Crippen LogP contribution in [-0.4, -0.2) is 21.0 Å². The van der Waals surface area contributed by atoms with Crippen LogP contribution < -0.4 is 5.14 Å². The van der Waals surface area contributed by atoms with Crippen LogP contribution in [0.1, 0.15) is 12.5 Å². The van der Waals surface area contributed by atoms with Crippen molar-refractivity contribution in [3.05, 3.63) is 35.9 Å². The lowest BCUT2D eigenvalue weighted by Gasteiger charge is -2.02. The molecule has 0 amide bonds. The smallest absolute Gasteiger partial charge is 0.330 e. The van der Waals surface area contributed by atoms with Crippen LogP contribution in [-0.2, 0) is 19.6 Å². The number of esters is 1. The molecule has 0 unspecified atom stereocenters. The molecule has 0 saturated heterocycles. The number of carbonyl (C=O) groups is 1. The van der Waals surface area contributed by atoms with Gasteiger partial charge in [-0.1, -0.05) is 18.2 Å². The van der Waals surface area contributed by atoms with Crippen molar-refractivity contribution in [1.82, 2.24) is 0 Å². The van der Waals surface area contributed by atoms with Gasteiger partial charge in [-0.05, 0) is 24.6 Å². The quantitative estimate of drug-likeness (QED) is 0.640. The first kappa shape index (κ1) is 13.4.